The summed E-state index contributed by atoms with van der Waals surface area (Å²) in [5.41, 5.74) is 0.614. The molecule has 2 aromatic carbocycles. The summed E-state index contributed by atoms with van der Waals surface area (Å²) in [6.45, 7) is 0. The second-order valence-electron chi connectivity index (χ2n) is 4.18. The maximum Gasteiger partial charge on any atom is 0.339 e. The van der Waals surface area contributed by atoms with Gasteiger partial charge in [0.05, 0.1) is 12.7 Å². The molecule has 0 bridgehead atoms. The molecule has 0 aliphatic carbocycles. The van der Waals surface area contributed by atoms with E-state index in [9.17, 15) is 20.1 Å². The predicted molar refractivity (Wildman–Crippen MR) is 82.7 cm³/mol. The molecule has 22 heavy (non-hydrogen) atoms. The van der Waals surface area contributed by atoms with Crippen molar-refractivity contribution < 1.29 is 24.9 Å². The lowest BCUT2D eigenvalue weighted by Gasteiger charge is -2.05. The van der Waals surface area contributed by atoms with Crippen molar-refractivity contribution in [2.75, 3.05) is 7.11 Å². The van der Waals surface area contributed by atoms with Crippen LogP contribution in [-0.2, 0) is 4.74 Å². The summed E-state index contributed by atoms with van der Waals surface area (Å²) in [6, 6.07) is 9.44. The Balaban J connectivity index is 2.21. The van der Waals surface area contributed by atoms with Crippen LogP contribution >= 0.6 is 11.9 Å². The van der Waals surface area contributed by atoms with Crippen molar-refractivity contribution in [2.45, 2.75) is 4.90 Å². The summed E-state index contributed by atoms with van der Waals surface area (Å²) in [5.74, 6) is -1.96. The fourth-order valence-corrected chi connectivity index (χ4v) is 2.32. The normalized spacial score (nSPS) is 10.8. The molecule has 0 saturated heterocycles. The number of hydrogen-bond donors (Lipinski definition) is 3. The Bertz CT molecular complexity index is 730. The number of hydrogen-bond acceptors (Lipinski definition) is 7. The predicted octanol–water partition coefficient (Wildman–Crippen LogP) is 2.72. The van der Waals surface area contributed by atoms with Crippen molar-refractivity contribution >= 4 is 24.1 Å². The number of rotatable bonds is 4. The Morgan fingerprint density at radius 2 is 1.86 bits per heavy atom. The van der Waals surface area contributed by atoms with Gasteiger partial charge < -0.3 is 20.1 Å². The first-order valence-electron chi connectivity index (χ1n) is 6.16. The number of benzene rings is 2. The third kappa shape index (κ3) is 3.32. The molecule has 7 heteroatoms. The SMILES string of the molecule is COC(=O)c1ccccc1SN=Cc1ccc(O)c(O)c1O. The van der Waals surface area contributed by atoms with Crippen molar-refractivity contribution in [2.24, 2.45) is 4.40 Å². The highest BCUT2D eigenvalue weighted by molar-refractivity contribution is 7.98. The summed E-state index contributed by atoms with van der Waals surface area (Å²) in [6.07, 6.45) is 1.31. The number of nitrogens with zero attached hydrogens (tertiary/aromatic N) is 1. The van der Waals surface area contributed by atoms with Gasteiger partial charge in [-0.1, -0.05) is 12.1 Å². The number of methoxy groups -OCH3 is 1. The minimum absolute atomic E-state index is 0.235. The first kappa shape index (κ1) is 15.7. The topological polar surface area (TPSA) is 99.4 Å². The molecule has 3 N–H and O–H groups in total. The van der Waals surface area contributed by atoms with Crippen molar-refractivity contribution in [3.8, 4) is 17.2 Å². The van der Waals surface area contributed by atoms with Gasteiger partial charge in [-0.15, -0.1) is 0 Å². The molecule has 0 saturated carbocycles. The molecule has 0 radical (unpaired) electrons. The molecular weight excluding hydrogens is 306 g/mol. The molecule has 0 fully saturated rings. The van der Waals surface area contributed by atoms with Gasteiger partial charge in [0.15, 0.2) is 11.5 Å². The van der Waals surface area contributed by atoms with Gasteiger partial charge in [0.25, 0.3) is 0 Å². The molecule has 0 atom stereocenters. The first-order chi connectivity index (χ1) is 10.5. The molecule has 0 heterocycles. The average molecular weight is 319 g/mol. The third-order valence-corrected chi connectivity index (χ3v) is 3.56. The maximum absolute atomic E-state index is 11.6. The number of aromatic hydroxyl groups is 3. The van der Waals surface area contributed by atoms with Gasteiger partial charge in [-0.3, -0.25) is 0 Å². The Morgan fingerprint density at radius 3 is 2.59 bits per heavy atom. The largest absolute Gasteiger partial charge is 0.504 e. The summed E-state index contributed by atoms with van der Waals surface area (Å²) in [7, 11) is 1.30. The van der Waals surface area contributed by atoms with Gasteiger partial charge in [0, 0.05) is 28.6 Å². The van der Waals surface area contributed by atoms with Crippen molar-refractivity contribution in [3.05, 3.63) is 47.5 Å². The van der Waals surface area contributed by atoms with Crippen molar-refractivity contribution in [1.82, 2.24) is 0 Å². The van der Waals surface area contributed by atoms with Gasteiger partial charge in [0.1, 0.15) is 0 Å². The summed E-state index contributed by atoms with van der Waals surface area (Å²) >= 11 is 1.02. The standard InChI is InChI=1S/C15H13NO5S/c1-21-15(20)10-4-2-3-5-12(10)22-16-8-9-6-7-11(17)14(19)13(9)18/h2-8,17-19H,1H3. The molecule has 114 valence electrons. The van der Waals surface area contributed by atoms with Crippen LogP contribution in [0, 0.1) is 0 Å². The van der Waals surface area contributed by atoms with E-state index in [2.05, 4.69) is 9.13 Å². The zero-order valence-corrected chi connectivity index (χ0v) is 12.4. The van der Waals surface area contributed by atoms with Gasteiger partial charge in [-0.25, -0.2) is 9.19 Å². The lowest BCUT2D eigenvalue weighted by Crippen LogP contribution is -2.02. The Kier molecular flexibility index (Phi) is 4.90. The van der Waals surface area contributed by atoms with Crippen LogP contribution < -0.4 is 0 Å². The lowest BCUT2D eigenvalue weighted by molar-refractivity contribution is 0.0597. The Hall–Kier alpha value is -2.67. The molecule has 6 nitrogen and oxygen atoms in total. The van der Waals surface area contributed by atoms with E-state index in [1.807, 2.05) is 0 Å². The quantitative estimate of drug-likeness (QED) is 0.347. The average Bonchev–Trinajstić information content (AvgIpc) is 2.54. The van der Waals surface area contributed by atoms with E-state index in [0.29, 0.717) is 10.5 Å². The van der Waals surface area contributed by atoms with E-state index >= 15 is 0 Å². The molecule has 0 amide bonds. The van der Waals surface area contributed by atoms with Crippen LogP contribution in [0.3, 0.4) is 0 Å². The number of carbonyl (C=O) groups is 1. The number of ether oxygens (including phenoxy) is 1. The molecule has 0 aliphatic heterocycles. The highest BCUT2D eigenvalue weighted by Crippen LogP contribution is 2.36. The number of esters is 1. The van der Waals surface area contributed by atoms with E-state index < -0.39 is 23.2 Å². The van der Waals surface area contributed by atoms with E-state index in [1.54, 1.807) is 24.3 Å². The van der Waals surface area contributed by atoms with Crippen molar-refractivity contribution in [1.29, 1.82) is 0 Å². The highest BCUT2D eigenvalue weighted by atomic mass is 32.2. The van der Waals surface area contributed by atoms with Crippen molar-refractivity contribution in [3.63, 3.8) is 0 Å². The van der Waals surface area contributed by atoms with E-state index in [-0.39, 0.29) is 5.56 Å². The molecule has 0 aliphatic rings. The fraction of sp³-hybridized carbons (Fsp3) is 0.0667. The van der Waals surface area contributed by atoms with Crippen LogP contribution in [0.15, 0.2) is 45.7 Å². The number of phenolic OH excluding ortho intramolecular Hbond substituents is 3. The minimum atomic E-state index is -0.607. The second kappa shape index (κ2) is 6.86. The lowest BCUT2D eigenvalue weighted by atomic mass is 10.2. The fourth-order valence-electron chi connectivity index (χ4n) is 1.65. The number of phenols is 3. The summed E-state index contributed by atoms with van der Waals surface area (Å²) in [4.78, 5) is 12.2. The van der Waals surface area contributed by atoms with Gasteiger partial charge in [-0.05, 0) is 24.3 Å². The number of carbonyl (C=O) groups excluding carboxylic acids is 1. The zero-order chi connectivity index (χ0) is 16.1. The zero-order valence-electron chi connectivity index (χ0n) is 11.6. The van der Waals surface area contributed by atoms with Crippen LogP contribution in [0.25, 0.3) is 0 Å². The van der Waals surface area contributed by atoms with E-state index in [1.165, 1.54) is 25.5 Å². The third-order valence-electron chi connectivity index (χ3n) is 2.80. The van der Waals surface area contributed by atoms with E-state index in [0.717, 1.165) is 11.9 Å². The highest BCUT2D eigenvalue weighted by Gasteiger charge is 2.12. The minimum Gasteiger partial charge on any atom is -0.504 e. The first-order valence-corrected chi connectivity index (χ1v) is 6.93. The van der Waals surface area contributed by atoms with Crippen LogP contribution in [0.2, 0.25) is 0 Å². The van der Waals surface area contributed by atoms with Gasteiger partial charge in [-0.2, -0.15) is 0 Å². The van der Waals surface area contributed by atoms with Crippen LogP contribution in [0.5, 0.6) is 17.2 Å². The van der Waals surface area contributed by atoms with Crippen LogP contribution in [-0.4, -0.2) is 34.6 Å². The molecular formula is C15H13NO5S. The maximum atomic E-state index is 11.6. The summed E-state index contributed by atoms with van der Waals surface area (Å²) < 4.78 is 8.74. The van der Waals surface area contributed by atoms with Crippen LogP contribution in [0.4, 0.5) is 0 Å². The molecule has 0 spiro atoms. The molecule has 0 unspecified atom stereocenters. The molecule has 2 rings (SSSR count). The smallest absolute Gasteiger partial charge is 0.339 e. The van der Waals surface area contributed by atoms with Crippen LogP contribution in [0.1, 0.15) is 15.9 Å². The van der Waals surface area contributed by atoms with E-state index in [4.69, 9.17) is 0 Å². The van der Waals surface area contributed by atoms with Gasteiger partial charge in [0.2, 0.25) is 5.75 Å². The molecule has 0 aromatic heterocycles. The molecule has 2 aromatic rings. The Morgan fingerprint density at radius 1 is 1.14 bits per heavy atom. The van der Waals surface area contributed by atoms with Gasteiger partial charge >= 0.3 is 5.97 Å². The second-order valence-corrected chi connectivity index (χ2v) is 5.02. The summed E-state index contributed by atoms with van der Waals surface area (Å²) in [5, 5.41) is 28.3. The Labute approximate surface area is 130 Å². The monoisotopic (exact) mass is 319 g/mol.